The zero-order valence-electron chi connectivity index (χ0n) is 19.2. The van der Waals surface area contributed by atoms with Crippen LogP contribution in [-0.2, 0) is 11.3 Å². The molecule has 2 aliphatic heterocycles. The van der Waals surface area contributed by atoms with Gasteiger partial charge < -0.3 is 20.3 Å². The van der Waals surface area contributed by atoms with E-state index in [1.807, 2.05) is 54.6 Å². The lowest BCUT2D eigenvalue weighted by Crippen LogP contribution is -2.33. The number of rotatable bonds is 4. The van der Waals surface area contributed by atoms with E-state index in [0.717, 1.165) is 47.7 Å². The van der Waals surface area contributed by atoms with Crippen LogP contribution in [0.1, 0.15) is 34.3 Å². The lowest BCUT2D eigenvalue weighted by molar-refractivity contribution is 0.0949. The van der Waals surface area contributed by atoms with Gasteiger partial charge in [0.1, 0.15) is 0 Å². The highest BCUT2D eigenvalue weighted by atomic mass is 16.5. The van der Waals surface area contributed by atoms with E-state index in [9.17, 15) is 4.79 Å². The first-order valence-electron chi connectivity index (χ1n) is 11.8. The van der Waals surface area contributed by atoms with Gasteiger partial charge in [-0.25, -0.2) is 9.97 Å². The summed E-state index contributed by atoms with van der Waals surface area (Å²) in [6.07, 6.45) is 8.17. The van der Waals surface area contributed by atoms with Gasteiger partial charge in [0.15, 0.2) is 0 Å². The minimum absolute atomic E-state index is 0.0858. The average Bonchev–Trinajstić information content (AvgIpc) is 3.37. The SMILES string of the molecule is O=C(NCCN1CCCC1)c1cc2cc(c1)Nc1nccc(n1)-c1cccc(c1)COC/C=C/2. The Bertz CT molecular complexity index is 1190. The molecule has 2 aliphatic rings. The van der Waals surface area contributed by atoms with E-state index < -0.39 is 0 Å². The van der Waals surface area contributed by atoms with Crippen molar-refractivity contribution in [1.82, 2.24) is 20.2 Å². The summed E-state index contributed by atoms with van der Waals surface area (Å²) in [5.41, 5.74) is 5.17. The third-order valence-corrected chi connectivity index (χ3v) is 6.06. The van der Waals surface area contributed by atoms with Gasteiger partial charge in [-0.05, 0) is 67.4 Å². The van der Waals surface area contributed by atoms with Gasteiger partial charge in [0.2, 0.25) is 5.95 Å². The molecule has 0 unspecified atom stereocenters. The molecule has 1 fully saturated rings. The average molecular weight is 456 g/mol. The molecule has 1 aromatic heterocycles. The van der Waals surface area contributed by atoms with Crippen molar-refractivity contribution in [1.29, 1.82) is 0 Å². The summed E-state index contributed by atoms with van der Waals surface area (Å²) in [6.45, 7) is 4.75. The van der Waals surface area contributed by atoms with Gasteiger partial charge in [0, 0.05) is 36.1 Å². The first-order chi connectivity index (χ1) is 16.7. The van der Waals surface area contributed by atoms with Crippen LogP contribution in [-0.4, -0.2) is 53.6 Å². The monoisotopic (exact) mass is 455 g/mol. The van der Waals surface area contributed by atoms with Gasteiger partial charge in [-0.3, -0.25) is 4.79 Å². The molecule has 34 heavy (non-hydrogen) atoms. The number of hydrogen-bond acceptors (Lipinski definition) is 6. The van der Waals surface area contributed by atoms with Crippen molar-refractivity contribution in [3.05, 3.63) is 77.5 Å². The van der Waals surface area contributed by atoms with E-state index in [-0.39, 0.29) is 5.91 Å². The normalized spacial score (nSPS) is 16.7. The van der Waals surface area contributed by atoms with Gasteiger partial charge in [0.05, 0.1) is 18.9 Å². The van der Waals surface area contributed by atoms with Crippen LogP contribution in [0.2, 0.25) is 0 Å². The maximum atomic E-state index is 12.9. The molecular weight excluding hydrogens is 426 g/mol. The molecule has 7 heteroatoms. The number of carbonyl (C=O) groups excluding carboxylic acids is 1. The summed E-state index contributed by atoms with van der Waals surface area (Å²) in [6, 6.07) is 15.8. The Morgan fingerprint density at radius 3 is 2.94 bits per heavy atom. The van der Waals surface area contributed by atoms with E-state index >= 15 is 0 Å². The summed E-state index contributed by atoms with van der Waals surface area (Å²) in [5.74, 6) is 0.396. The summed E-state index contributed by atoms with van der Waals surface area (Å²) in [4.78, 5) is 24.4. The van der Waals surface area contributed by atoms with Crippen LogP contribution in [0.4, 0.5) is 11.6 Å². The largest absolute Gasteiger partial charge is 0.373 e. The first-order valence-corrected chi connectivity index (χ1v) is 11.8. The lowest BCUT2D eigenvalue weighted by atomic mass is 10.1. The minimum atomic E-state index is -0.0858. The number of amides is 1. The molecular formula is C27H29N5O2. The molecule has 2 aromatic carbocycles. The predicted molar refractivity (Wildman–Crippen MR) is 134 cm³/mol. The standard InChI is InChI=1S/C27H29N5O2/c33-26(28-10-13-32-11-1-2-12-32)23-15-20-6-4-14-34-19-21-5-3-7-22(16-21)25-8-9-29-27(31-25)30-24(17-20)18-23/h3-9,15-18H,1-2,10-14,19H2,(H,28,33)(H,29,30,31)/b6-4+. The Morgan fingerprint density at radius 2 is 2.03 bits per heavy atom. The Balaban J connectivity index is 1.40. The van der Waals surface area contributed by atoms with E-state index in [1.165, 1.54) is 12.8 Å². The molecule has 0 aliphatic carbocycles. The number of benzene rings is 2. The summed E-state index contributed by atoms with van der Waals surface area (Å²) >= 11 is 0. The van der Waals surface area contributed by atoms with Crippen molar-refractivity contribution in [2.45, 2.75) is 19.4 Å². The zero-order valence-corrected chi connectivity index (χ0v) is 19.2. The van der Waals surface area contributed by atoms with Gasteiger partial charge >= 0.3 is 0 Å². The van der Waals surface area contributed by atoms with Crippen LogP contribution in [0.3, 0.4) is 0 Å². The number of anilines is 2. The second kappa shape index (κ2) is 10.6. The van der Waals surface area contributed by atoms with Crippen LogP contribution in [0.5, 0.6) is 0 Å². The number of likely N-dealkylation sites (tertiary alicyclic amines) is 1. The van der Waals surface area contributed by atoms with Crippen molar-refractivity contribution in [2.75, 3.05) is 38.1 Å². The van der Waals surface area contributed by atoms with Crippen molar-refractivity contribution in [2.24, 2.45) is 0 Å². The van der Waals surface area contributed by atoms with Crippen molar-refractivity contribution >= 4 is 23.6 Å². The van der Waals surface area contributed by atoms with Crippen LogP contribution < -0.4 is 10.6 Å². The third-order valence-electron chi connectivity index (χ3n) is 6.06. The number of carbonyl (C=O) groups is 1. The fraction of sp³-hybridized carbons (Fsp3) is 0.296. The fourth-order valence-electron chi connectivity index (χ4n) is 4.35. The number of ether oxygens (including phenoxy) is 1. The highest BCUT2D eigenvalue weighted by Gasteiger charge is 2.13. The number of aromatic nitrogens is 2. The number of nitrogens with one attached hydrogen (secondary N) is 2. The quantitative estimate of drug-likeness (QED) is 0.612. The van der Waals surface area contributed by atoms with Crippen LogP contribution >= 0.6 is 0 Å². The van der Waals surface area contributed by atoms with E-state index in [1.54, 1.807) is 6.20 Å². The van der Waals surface area contributed by atoms with Crippen molar-refractivity contribution in [3.8, 4) is 11.3 Å². The zero-order chi connectivity index (χ0) is 23.2. The van der Waals surface area contributed by atoms with E-state index in [2.05, 4.69) is 26.6 Å². The highest BCUT2D eigenvalue weighted by Crippen LogP contribution is 2.23. The minimum Gasteiger partial charge on any atom is -0.373 e. The second-order valence-corrected chi connectivity index (χ2v) is 8.66. The predicted octanol–water partition coefficient (Wildman–Crippen LogP) is 4.26. The molecule has 0 spiro atoms. The fourth-order valence-corrected chi connectivity index (χ4v) is 4.35. The molecule has 1 saturated heterocycles. The summed E-state index contributed by atoms with van der Waals surface area (Å²) < 4.78 is 5.84. The molecule has 1 amide bonds. The Morgan fingerprint density at radius 1 is 1.12 bits per heavy atom. The maximum Gasteiger partial charge on any atom is 0.251 e. The van der Waals surface area contributed by atoms with Gasteiger partial charge in [-0.2, -0.15) is 0 Å². The van der Waals surface area contributed by atoms with Gasteiger partial charge in [-0.1, -0.05) is 30.4 Å². The van der Waals surface area contributed by atoms with Crippen LogP contribution in [0.25, 0.3) is 17.3 Å². The molecule has 5 rings (SSSR count). The molecule has 0 saturated carbocycles. The van der Waals surface area contributed by atoms with Crippen LogP contribution in [0, 0.1) is 0 Å². The number of nitrogens with zero attached hydrogens (tertiary/aromatic N) is 3. The van der Waals surface area contributed by atoms with E-state index in [4.69, 9.17) is 9.72 Å². The smallest absolute Gasteiger partial charge is 0.251 e. The first kappa shape index (κ1) is 22.3. The maximum absolute atomic E-state index is 12.9. The summed E-state index contributed by atoms with van der Waals surface area (Å²) in [7, 11) is 0. The molecule has 174 valence electrons. The van der Waals surface area contributed by atoms with Crippen LogP contribution in [0.15, 0.2) is 60.8 Å². The van der Waals surface area contributed by atoms with E-state index in [0.29, 0.717) is 31.3 Å². The molecule has 0 radical (unpaired) electrons. The molecule has 3 aromatic rings. The number of hydrogen-bond donors (Lipinski definition) is 2. The number of fused-ring (bicyclic) bond motifs is 7. The van der Waals surface area contributed by atoms with Crippen molar-refractivity contribution < 1.29 is 9.53 Å². The molecule has 7 nitrogen and oxygen atoms in total. The molecule has 3 heterocycles. The Labute approximate surface area is 199 Å². The molecule has 0 atom stereocenters. The van der Waals surface area contributed by atoms with Gasteiger partial charge in [-0.15, -0.1) is 0 Å². The van der Waals surface area contributed by atoms with Gasteiger partial charge in [0.25, 0.3) is 5.91 Å². The Hall–Kier alpha value is -3.55. The highest BCUT2D eigenvalue weighted by molar-refractivity contribution is 5.96. The lowest BCUT2D eigenvalue weighted by Gasteiger charge is -2.15. The summed E-state index contributed by atoms with van der Waals surface area (Å²) in [5, 5.41) is 6.34. The Kier molecular flexibility index (Phi) is 6.93. The van der Waals surface area contributed by atoms with Crippen molar-refractivity contribution in [3.63, 3.8) is 0 Å². The molecule has 2 N–H and O–H groups in total. The second-order valence-electron chi connectivity index (χ2n) is 8.66. The molecule has 6 bridgehead atoms. The topological polar surface area (TPSA) is 79.4 Å². The third kappa shape index (κ3) is 5.68.